The number of hydrogen-bond acceptors (Lipinski definition) is 5. The molecule has 5 rings (SSSR count). The number of anilines is 1. The molecule has 0 radical (unpaired) electrons. The minimum absolute atomic E-state index is 0.131. The summed E-state index contributed by atoms with van der Waals surface area (Å²) >= 11 is 0. The third-order valence-electron chi connectivity index (χ3n) is 5.46. The first-order valence-corrected chi connectivity index (χ1v) is 8.22. The second kappa shape index (κ2) is 4.96. The Morgan fingerprint density at radius 1 is 1.31 bits per heavy atom. The van der Waals surface area contributed by atoms with Crippen molar-refractivity contribution in [2.75, 3.05) is 11.4 Å². The smallest absolute Gasteiger partial charge is 0.333 e. The van der Waals surface area contributed by atoms with Crippen LogP contribution in [0.3, 0.4) is 0 Å². The minimum atomic E-state index is -0.633. The Kier molecular flexibility index (Phi) is 2.90. The molecule has 0 spiro atoms. The van der Waals surface area contributed by atoms with Gasteiger partial charge in [0.15, 0.2) is 0 Å². The highest BCUT2D eigenvalue weighted by Gasteiger charge is 2.64. The number of halogens is 2. The van der Waals surface area contributed by atoms with Gasteiger partial charge < -0.3 is 4.90 Å². The molecule has 1 aliphatic carbocycles. The summed E-state index contributed by atoms with van der Waals surface area (Å²) in [5.74, 6) is -0.207. The van der Waals surface area contributed by atoms with E-state index in [1.54, 1.807) is 12.3 Å². The predicted molar refractivity (Wildman–Crippen MR) is 87.7 cm³/mol. The van der Waals surface area contributed by atoms with Crippen molar-refractivity contribution >= 4 is 17.2 Å². The first kappa shape index (κ1) is 15.2. The van der Waals surface area contributed by atoms with E-state index in [9.17, 15) is 18.9 Å². The normalized spacial score (nSPS) is 24.1. The average molecular weight is 357 g/mol. The molecule has 2 atom stereocenters. The molecule has 7 nitrogen and oxygen atoms in total. The van der Waals surface area contributed by atoms with Gasteiger partial charge >= 0.3 is 5.69 Å². The van der Waals surface area contributed by atoms with Gasteiger partial charge in [-0.3, -0.25) is 10.1 Å². The molecule has 1 aromatic carbocycles. The monoisotopic (exact) mass is 357 g/mol. The van der Waals surface area contributed by atoms with Gasteiger partial charge in [-0.1, -0.05) is 0 Å². The van der Waals surface area contributed by atoms with E-state index in [0.29, 0.717) is 24.3 Å². The van der Waals surface area contributed by atoms with Gasteiger partial charge in [0.2, 0.25) is 5.65 Å². The summed E-state index contributed by atoms with van der Waals surface area (Å²) in [4.78, 5) is 17.0. The number of rotatable bonds is 3. The Hall–Kier alpha value is -3.10. The second-order valence-corrected chi connectivity index (χ2v) is 6.73. The van der Waals surface area contributed by atoms with Crippen LogP contribution in [0.15, 0.2) is 36.7 Å². The molecule has 0 amide bonds. The molecule has 1 saturated heterocycles. The zero-order valence-corrected chi connectivity index (χ0v) is 13.5. The van der Waals surface area contributed by atoms with Crippen molar-refractivity contribution in [1.82, 2.24) is 14.6 Å². The molecule has 26 heavy (non-hydrogen) atoms. The largest absolute Gasteiger partial charge is 0.346 e. The maximum atomic E-state index is 14.4. The van der Waals surface area contributed by atoms with Gasteiger partial charge in [0.1, 0.15) is 23.6 Å². The third-order valence-corrected chi connectivity index (χ3v) is 5.46. The van der Waals surface area contributed by atoms with Gasteiger partial charge in [-0.2, -0.15) is 5.10 Å². The van der Waals surface area contributed by atoms with E-state index in [2.05, 4.69) is 10.1 Å². The van der Waals surface area contributed by atoms with Gasteiger partial charge in [-0.05, 0) is 43.0 Å². The zero-order valence-electron chi connectivity index (χ0n) is 13.5. The van der Waals surface area contributed by atoms with Crippen LogP contribution in [0.25, 0.3) is 5.65 Å². The van der Waals surface area contributed by atoms with E-state index in [1.807, 2.05) is 4.90 Å². The first-order valence-electron chi connectivity index (χ1n) is 8.22. The molecular formula is C17H13F2N5O2. The van der Waals surface area contributed by atoms with Crippen molar-refractivity contribution in [2.24, 2.45) is 5.92 Å². The van der Waals surface area contributed by atoms with Crippen LogP contribution in [0, 0.1) is 27.7 Å². The van der Waals surface area contributed by atoms with Gasteiger partial charge in [-0.25, -0.2) is 18.3 Å². The van der Waals surface area contributed by atoms with Gasteiger partial charge in [0.25, 0.3) is 0 Å². The molecule has 2 aromatic heterocycles. The molecule has 3 heterocycles. The number of hydrogen-bond donors (Lipinski definition) is 0. The van der Waals surface area contributed by atoms with E-state index in [4.69, 9.17) is 0 Å². The van der Waals surface area contributed by atoms with E-state index in [1.165, 1.54) is 10.6 Å². The van der Waals surface area contributed by atoms with E-state index in [0.717, 1.165) is 24.8 Å². The topological polar surface area (TPSA) is 76.6 Å². The summed E-state index contributed by atoms with van der Waals surface area (Å²) in [6.45, 7) is 0.631. The number of nitrogens with zero attached hydrogens (tertiary/aromatic N) is 5. The Balaban J connectivity index is 1.64. The fourth-order valence-corrected chi connectivity index (χ4v) is 4.22. The molecule has 9 heteroatoms. The fourth-order valence-electron chi connectivity index (χ4n) is 4.22. The molecule has 2 aliphatic rings. The maximum Gasteiger partial charge on any atom is 0.333 e. The number of piperidine rings is 1. The van der Waals surface area contributed by atoms with Crippen LogP contribution < -0.4 is 4.90 Å². The van der Waals surface area contributed by atoms with Crippen LogP contribution in [0.5, 0.6) is 0 Å². The standard InChI is InChI=1S/C17H13F2N5O2/c18-11-1-2-13(19)12(7-11)17-8-10(17)3-5-22(17)15-4-6-23-16(21-15)14(9-20-23)24(25)26/h1-2,4,6-7,9-10H,3,5,8H2/t10-,17+/m0/s1. The number of aromatic nitrogens is 3. The third kappa shape index (κ3) is 1.91. The van der Waals surface area contributed by atoms with Gasteiger partial charge in [-0.15, -0.1) is 0 Å². The summed E-state index contributed by atoms with van der Waals surface area (Å²) in [5, 5.41) is 15.1. The molecule has 0 N–H and O–H groups in total. The number of fused-ring (bicyclic) bond motifs is 2. The quantitative estimate of drug-likeness (QED) is 0.532. The Bertz CT molecular complexity index is 1070. The van der Waals surface area contributed by atoms with Gasteiger partial charge in [0.05, 0.1) is 10.5 Å². The molecule has 0 unspecified atom stereocenters. The molecule has 1 aliphatic heterocycles. The van der Waals surface area contributed by atoms with Crippen molar-refractivity contribution in [2.45, 2.75) is 18.4 Å². The Labute approximate surface area is 146 Å². The molecule has 3 aromatic rings. The van der Waals surface area contributed by atoms with E-state index >= 15 is 0 Å². The Morgan fingerprint density at radius 3 is 2.92 bits per heavy atom. The first-order chi connectivity index (χ1) is 12.5. The zero-order chi connectivity index (χ0) is 18.1. The van der Waals surface area contributed by atoms with E-state index in [-0.39, 0.29) is 17.3 Å². The fraction of sp³-hybridized carbons (Fsp3) is 0.294. The summed E-state index contributed by atoms with van der Waals surface area (Å²) < 4.78 is 29.5. The number of nitro groups is 1. The highest BCUT2D eigenvalue weighted by atomic mass is 19.1. The van der Waals surface area contributed by atoms with Crippen LogP contribution in [0.2, 0.25) is 0 Å². The minimum Gasteiger partial charge on any atom is -0.346 e. The van der Waals surface area contributed by atoms with Crippen LogP contribution >= 0.6 is 0 Å². The van der Waals surface area contributed by atoms with E-state index < -0.39 is 22.1 Å². The lowest BCUT2D eigenvalue weighted by atomic mass is 10.0. The molecule has 2 fully saturated rings. The van der Waals surface area contributed by atoms with Crippen molar-refractivity contribution in [3.63, 3.8) is 0 Å². The van der Waals surface area contributed by atoms with Crippen LogP contribution in [0.1, 0.15) is 18.4 Å². The predicted octanol–water partition coefficient (Wildman–Crippen LogP) is 3.04. The maximum absolute atomic E-state index is 14.4. The van der Waals surface area contributed by atoms with Crippen molar-refractivity contribution < 1.29 is 13.7 Å². The van der Waals surface area contributed by atoms with Crippen LogP contribution in [-0.2, 0) is 5.54 Å². The van der Waals surface area contributed by atoms with Crippen molar-refractivity contribution in [1.29, 1.82) is 0 Å². The molecular weight excluding hydrogens is 344 g/mol. The van der Waals surface area contributed by atoms with Crippen molar-refractivity contribution in [3.8, 4) is 0 Å². The molecule has 0 bridgehead atoms. The average Bonchev–Trinajstić information content (AvgIpc) is 3.00. The highest BCUT2D eigenvalue weighted by molar-refractivity contribution is 5.63. The molecule has 1 saturated carbocycles. The molecule has 132 valence electrons. The van der Waals surface area contributed by atoms with Gasteiger partial charge in [0, 0.05) is 18.3 Å². The van der Waals surface area contributed by atoms with Crippen LogP contribution in [-0.4, -0.2) is 26.1 Å². The lowest BCUT2D eigenvalue weighted by Crippen LogP contribution is -2.34. The number of benzene rings is 1. The summed E-state index contributed by atoms with van der Waals surface area (Å²) in [6.07, 6.45) is 4.29. The summed E-state index contributed by atoms with van der Waals surface area (Å²) in [7, 11) is 0. The SMILES string of the molecule is O=[N+]([O-])c1cnn2ccc(N3CC[C@H]4C[C@]43c3cc(F)ccc3F)nc12. The lowest BCUT2D eigenvalue weighted by molar-refractivity contribution is -0.383. The highest BCUT2D eigenvalue weighted by Crippen LogP contribution is 2.63. The van der Waals surface area contributed by atoms with Crippen molar-refractivity contribution in [3.05, 3.63) is 64.0 Å². The lowest BCUT2D eigenvalue weighted by Gasteiger charge is -2.30. The van der Waals surface area contributed by atoms with Crippen LogP contribution in [0.4, 0.5) is 20.3 Å². The second-order valence-electron chi connectivity index (χ2n) is 6.73. The summed E-state index contributed by atoms with van der Waals surface area (Å²) in [6, 6.07) is 5.19. The Morgan fingerprint density at radius 2 is 2.15 bits per heavy atom. The summed E-state index contributed by atoms with van der Waals surface area (Å²) in [5.41, 5.74) is -0.368.